The maximum atomic E-state index is 3.40. The fraction of sp³-hybridized carbons (Fsp3) is 0.455. The van der Waals surface area contributed by atoms with Crippen LogP contribution in [0.25, 0.3) is 0 Å². The highest BCUT2D eigenvalue weighted by Crippen LogP contribution is 2.21. The molecule has 1 aliphatic heterocycles. The van der Waals surface area contributed by atoms with Crippen LogP contribution >= 0.6 is 0 Å². The first-order valence-corrected chi connectivity index (χ1v) is 4.88. The third-order valence-corrected chi connectivity index (χ3v) is 2.65. The van der Waals surface area contributed by atoms with Crippen LogP contribution in [0.3, 0.4) is 0 Å². The molecule has 2 aliphatic rings. The smallest absolute Gasteiger partial charge is 0.0337 e. The van der Waals surface area contributed by atoms with Crippen LogP contribution in [-0.4, -0.2) is 20.1 Å². The van der Waals surface area contributed by atoms with Crippen molar-refractivity contribution in [2.45, 2.75) is 12.8 Å². The molecule has 0 radical (unpaired) electrons. The predicted molar refractivity (Wildman–Crippen MR) is 55.4 cm³/mol. The first kappa shape index (κ1) is 8.57. The van der Waals surface area contributed by atoms with Gasteiger partial charge in [-0.3, -0.25) is 0 Å². The number of rotatable bonds is 1. The molecule has 0 unspecified atom stereocenters. The molecule has 0 saturated heterocycles. The molecule has 0 spiro atoms. The van der Waals surface area contributed by atoms with E-state index in [0.29, 0.717) is 0 Å². The van der Waals surface area contributed by atoms with Crippen molar-refractivity contribution in [3.8, 4) is 0 Å². The SMILES string of the molecule is CNC1=CC2=C(CC=C1)CCNC2. The maximum Gasteiger partial charge on any atom is 0.0337 e. The quantitative estimate of drug-likeness (QED) is 0.630. The summed E-state index contributed by atoms with van der Waals surface area (Å²) in [4.78, 5) is 0. The van der Waals surface area contributed by atoms with Gasteiger partial charge in [-0.1, -0.05) is 11.6 Å². The fourth-order valence-electron chi connectivity index (χ4n) is 1.85. The monoisotopic (exact) mass is 176 g/mol. The molecule has 70 valence electrons. The fourth-order valence-corrected chi connectivity index (χ4v) is 1.85. The van der Waals surface area contributed by atoms with Crippen LogP contribution in [0.1, 0.15) is 12.8 Å². The third-order valence-electron chi connectivity index (χ3n) is 2.65. The number of hydrogen-bond donors (Lipinski definition) is 2. The Morgan fingerprint density at radius 3 is 3.23 bits per heavy atom. The molecule has 2 N–H and O–H groups in total. The van der Waals surface area contributed by atoms with Crippen molar-refractivity contribution in [3.63, 3.8) is 0 Å². The van der Waals surface area contributed by atoms with Gasteiger partial charge in [0.2, 0.25) is 0 Å². The second kappa shape index (κ2) is 3.79. The first-order valence-electron chi connectivity index (χ1n) is 4.88. The lowest BCUT2D eigenvalue weighted by Gasteiger charge is -2.17. The summed E-state index contributed by atoms with van der Waals surface area (Å²) < 4.78 is 0. The summed E-state index contributed by atoms with van der Waals surface area (Å²) in [6.07, 6.45) is 8.99. The number of allylic oxidation sites excluding steroid dienone is 2. The van der Waals surface area contributed by atoms with E-state index in [4.69, 9.17) is 0 Å². The zero-order chi connectivity index (χ0) is 9.10. The predicted octanol–water partition coefficient (Wildman–Crippen LogP) is 1.34. The van der Waals surface area contributed by atoms with Gasteiger partial charge in [-0.05, 0) is 37.1 Å². The Hall–Kier alpha value is -1.02. The standard InChI is InChI=1S/C11H16N2/c1-12-11-4-2-3-9-5-6-13-8-10(9)7-11/h2,4,7,12-13H,3,5-6,8H2,1H3. The zero-order valence-electron chi connectivity index (χ0n) is 8.06. The molecule has 2 heteroatoms. The highest BCUT2D eigenvalue weighted by Gasteiger charge is 2.11. The average Bonchev–Trinajstić information content (AvgIpc) is 2.38. The Morgan fingerprint density at radius 1 is 1.46 bits per heavy atom. The van der Waals surface area contributed by atoms with Gasteiger partial charge in [-0.25, -0.2) is 0 Å². The van der Waals surface area contributed by atoms with Gasteiger partial charge < -0.3 is 10.6 Å². The van der Waals surface area contributed by atoms with Gasteiger partial charge in [0.1, 0.15) is 0 Å². The van der Waals surface area contributed by atoms with Crippen molar-refractivity contribution in [2.75, 3.05) is 20.1 Å². The van der Waals surface area contributed by atoms with Crippen molar-refractivity contribution in [3.05, 3.63) is 35.1 Å². The molecule has 13 heavy (non-hydrogen) atoms. The Morgan fingerprint density at radius 2 is 2.38 bits per heavy atom. The Labute approximate surface area is 79.4 Å². The average molecular weight is 176 g/mol. The number of nitrogens with one attached hydrogen (secondary N) is 2. The van der Waals surface area contributed by atoms with Crippen molar-refractivity contribution in [1.82, 2.24) is 10.6 Å². The molecular weight excluding hydrogens is 160 g/mol. The second-order valence-electron chi connectivity index (χ2n) is 3.51. The molecule has 0 fully saturated rings. The van der Waals surface area contributed by atoms with Crippen LogP contribution in [0.4, 0.5) is 0 Å². The summed E-state index contributed by atoms with van der Waals surface area (Å²) in [5.74, 6) is 0. The molecule has 0 aromatic heterocycles. The van der Waals surface area contributed by atoms with Crippen LogP contribution < -0.4 is 10.6 Å². The molecule has 0 amide bonds. The van der Waals surface area contributed by atoms with Gasteiger partial charge in [0, 0.05) is 19.3 Å². The minimum atomic E-state index is 1.03. The van der Waals surface area contributed by atoms with Crippen LogP contribution in [-0.2, 0) is 0 Å². The molecule has 0 aromatic carbocycles. The number of likely N-dealkylation sites (N-methyl/N-ethyl adjacent to an activating group) is 1. The van der Waals surface area contributed by atoms with E-state index < -0.39 is 0 Å². The van der Waals surface area contributed by atoms with Crippen LogP contribution in [0.5, 0.6) is 0 Å². The molecule has 0 bridgehead atoms. The van der Waals surface area contributed by atoms with Crippen LogP contribution in [0.2, 0.25) is 0 Å². The first-order chi connectivity index (χ1) is 6.40. The lowest BCUT2D eigenvalue weighted by Crippen LogP contribution is -2.24. The lowest BCUT2D eigenvalue weighted by molar-refractivity contribution is 0.677. The Balaban J connectivity index is 2.28. The van der Waals surface area contributed by atoms with E-state index in [-0.39, 0.29) is 0 Å². The summed E-state index contributed by atoms with van der Waals surface area (Å²) in [6.45, 7) is 2.16. The van der Waals surface area contributed by atoms with Gasteiger partial charge >= 0.3 is 0 Å². The molecule has 0 aromatic rings. The largest absolute Gasteiger partial charge is 0.388 e. The molecule has 0 saturated carbocycles. The van der Waals surface area contributed by atoms with Gasteiger partial charge in [0.25, 0.3) is 0 Å². The maximum absolute atomic E-state index is 3.40. The zero-order valence-corrected chi connectivity index (χ0v) is 8.06. The highest BCUT2D eigenvalue weighted by molar-refractivity contribution is 5.39. The van der Waals surface area contributed by atoms with Crippen molar-refractivity contribution >= 4 is 0 Å². The topological polar surface area (TPSA) is 24.1 Å². The van der Waals surface area contributed by atoms with Crippen molar-refractivity contribution < 1.29 is 0 Å². The Bertz CT molecular complexity index is 284. The minimum absolute atomic E-state index is 1.03. The summed E-state index contributed by atoms with van der Waals surface area (Å²) in [6, 6.07) is 0. The summed E-state index contributed by atoms with van der Waals surface area (Å²) in [5.41, 5.74) is 4.29. The van der Waals surface area contributed by atoms with E-state index >= 15 is 0 Å². The van der Waals surface area contributed by atoms with Gasteiger partial charge in [0.15, 0.2) is 0 Å². The van der Waals surface area contributed by atoms with Gasteiger partial charge in [-0.2, -0.15) is 0 Å². The lowest BCUT2D eigenvalue weighted by atomic mass is 9.99. The third kappa shape index (κ3) is 1.83. The van der Waals surface area contributed by atoms with Crippen molar-refractivity contribution in [2.24, 2.45) is 0 Å². The van der Waals surface area contributed by atoms with Crippen molar-refractivity contribution in [1.29, 1.82) is 0 Å². The van der Waals surface area contributed by atoms with E-state index in [2.05, 4.69) is 28.9 Å². The van der Waals surface area contributed by atoms with Crippen LogP contribution in [0, 0.1) is 0 Å². The van der Waals surface area contributed by atoms with E-state index in [0.717, 1.165) is 19.5 Å². The molecule has 1 heterocycles. The second-order valence-corrected chi connectivity index (χ2v) is 3.51. The van der Waals surface area contributed by atoms with E-state index in [1.165, 1.54) is 17.7 Å². The van der Waals surface area contributed by atoms with E-state index in [9.17, 15) is 0 Å². The van der Waals surface area contributed by atoms with E-state index in [1.54, 1.807) is 5.57 Å². The number of hydrogen-bond acceptors (Lipinski definition) is 2. The minimum Gasteiger partial charge on any atom is -0.388 e. The summed E-state index contributed by atoms with van der Waals surface area (Å²) in [7, 11) is 1.97. The summed E-state index contributed by atoms with van der Waals surface area (Å²) >= 11 is 0. The molecule has 0 atom stereocenters. The highest BCUT2D eigenvalue weighted by atomic mass is 14.9. The van der Waals surface area contributed by atoms with Gasteiger partial charge in [-0.15, -0.1) is 0 Å². The van der Waals surface area contributed by atoms with E-state index in [1.807, 2.05) is 7.05 Å². The molecule has 2 nitrogen and oxygen atoms in total. The molecule has 2 rings (SSSR count). The molecule has 1 aliphatic carbocycles. The van der Waals surface area contributed by atoms with Crippen LogP contribution in [0.15, 0.2) is 35.1 Å². The van der Waals surface area contributed by atoms with Gasteiger partial charge in [0.05, 0.1) is 0 Å². The normalized spacial score (nSPS) is 22.1. The summed E-state index contributed by atoms with van der Waals surface area (Å²) in [5, 5.41) is 6.59. The Kier molecular flexibility index (Phi) is 2.50. The molecular formula is C11H16N2.